The van der Waals surface area contributed by atoms with Gasteiger partial charge in [0.2, 0.25) is 0 Å². The Hall–Kier alpha value is -3.61. The Morgan fingerprint density at radius 2 is 1.68 bits per heavy atom. The van der Waals surface area contributed by atoms with Gasteiger partial charge in [0.05, 0.1) is 30.1 Å². The Morgan fingerprint density at radius 1 is 1.02 bits per heavy atom. The molecular weight excluding hydrogens is 584 g/mol. The zero-order valence-corrected chi connectivity index (χ0v) is 27.8. The van der Waals surface area contributed by atoms with Crippen molar-refractivity contribution in [3.63, 3.8) is 0 Å². The van der Waals surface area contributed by atoms with Crippen LogP contribution in [0.1, 0.15) is 63.0 Å². The number of amides is 1. The molecule has 1 aliphatic heterocycles. The van der Waals surface area contributed by atoms with Gasteiger partial charge in [-0.25, -0.2) is 9.36 Å². The zero-order valence-electron chi connectivity index (χ0n) is 26.9. The number of ether oxygens (including phenoxy) is 2. The second-order valence-corrected chi connectivity index (χ2v) is 13.5. The lowest BCUT2D eigenvalue weighted by Gasteiger charge is -2.25. The first kappa shape index (κ1) is 33.3. The summed E-state index contributed by atoms with van der Waals surface area (Å²) in [6.45, 7) is 17.5. The molecule has 0 bridgehead atoms. The molecule has 1 aromatic heterocycles. The van der Waals surface area contributed by atoms with Gasteiger partial charge >= 0.3 is 16.2 Å². The normalized spacial score (nSPS) is 13.5. The molecule has 3 aromatic rings. The van der Waals surface area contributed by atoms with E-state index in [-0.39, 0.29) is 23.6 Å². The van der Waals surface area contributed by atoms with Crippen molar-refractivity contribution in [1.82, 2.24) is 19.7 Å². The molecule has 2 heterocycles. The van der Waals surface area contributed by atoms with Gasteiger partial charge < -0.3 is 23.9 Å². The van der Waals surface area contributed by atoms with Crippen LogP contribution in [-0.4, -0.2) is 86.5 Å². The number of fused-ring (bicyclic) bond motifs is 2. The lowest BCUT2D eigenvalue weighted by molar-refractivity contribution is 0.0546. The van der Waals surface area contributed by atoms with Gasteiger partial charge in [0.15, 0.2) is 11.5 Å². The fourth-order valence-corrected chi connectivity index (χ4v) is 5.96. The number of carbonyl (C=O) groups is 2. The third-order valence-corrected chi connectivity index (χ3v) is 8.12. The van der Waals surface area contributed by atoms with E-state index in [0.717, 1.165) is 56.5 Å². The molecule has 0 fully saturated rings. The third-order valence-electron chi connectivity index (χ3n) is 7.65. The highest BCUT2D eigenvalue weighted by Crippen LogP contribution is 2.44. The number of hydrogen-bond acceptors (Lipinski definition) is 9. The monoisotopic (exact) mass is 628 g/mol. The first-order valence-electron chi connectivity index (χ1n) is 14.9. The van der Waals surface area contributed by atoms with E-state index in [4.69, 9.17) is 13.7 Å². The number of aromatic nitrogens is 1. The minimum atomic E-state index is -3.92. The summed E-state index contributed by atoms with van der Waals surface area (Å²) in [6.07, 6.45) is 0.324. The summed E-state index contributed by atoms with van der Waals surface area (Å²) in [5.41, 5.74) is 2.29. The van der Waals surface area contributed by atoms with Crippen LogP contribution in [0.2, 0.25) is 0 Å². The van der Waals surface area contributed by atoms with Crippen molar-refractivity contribution in [3.8, 4) is 22.8 Å². The van der Waals surface area contributed by atoms with Crippen LogP contribution in [0, 0.1) is 0 Å². The molecule has 11 nitrogen and oxygen atoms in total. The van der Waals surface area contributed by atoms with Crippen molar-refractivity contribution in [3.05, 3.63) is 47.0 Å². The molecule has 1 N–H and O–H groups in total. The Bertz CT molecular complexity index is 1650. The van der Waals surface area contributed by atoms with Crippen LogP contribution >= 0.6 is 0 Å². The molecule has 0 aliphatic carbocycles. The van der Waals surface area contributed by atoms with Gasteiger partial charge in [-0.3, -0.25) is 9.69 Å². The Morgan fingerprint density at radius 3 is 2.27 bits per heavy atom. The zero-order chi connectivity index (χ0) is 32.4. The molecule has 44 heavy (non-hydrogen) atoms. The van der Waals surface area contributed by atoms with Gasteiger partial charge in [-0.15, -0.1) is 0 Å². The molecule has 0 unspecified atom stereocenters. The average molecular weight is 629 g/mol. The van der Waals surface area contributed by atoms with E-state index in [1.165, 1.54) is 17.7 Å². The summed E-state index contributed by atoms with van der Waals surface area (Å²) < 4.78 is 42.2. The smallest absolute Gasteiger partial charge is 0.419 e. The average Bonchev–Trinajstić information content (AvgIpc) is 3.52. The number of benzene rings is 2. The maximum atomic E-state index is 13.7. The summed E-state index contributed by atoms with van der Waals surface area (Å²) in [6, 6.07) is 9.35. The van der Waals surface area contributed by atoms with Gasteiger partial charge in [0.25, 0.3) is 5.91 Å². The largest absolute Gasteiger partial charge is 0.493 e. The van der Waals surface area contributed by atoms with Crippen LogP contribution in [0.25, 0.3) is 22.2 Å². The Balaban J connectivity index is 1.87. The highest BCUT2D eigenvalue weighted by atomic mass is 32.2. The van der Waals surface area contributed by atoms with E-state index in [1.807, 2.05) is 18.2 Å². The number of rotatable bonds is 12. The fraction of sp³-hybridized carbons (Fsp3) is 0.500. The van der Waals surface area contributed by atoms with Crippen molar-refractivity contribution in [2.24, 2.45) is 0 Å². The van der Waals surface area contributed by atoms with Gasteiger partial charge in [0, 0.05) is 42.7 Å². The van der Waals surface area contributed by atoms with Crippen molar-refractivity contribution in [1.29, 1.82) is 0 Å². The standard InChI is InChI=1S/C32H44N4O7S/c1-9-34(10-2)14-15-35(11-3)20-21-12-13-25-22(16-21)17-26(36(25)31(38)42-32(4,5)6)23-18-27(41-7)29(43-44(8,39)40)24-19-33-30(37)28(23)24/h12-13,16-18H,9-11,14-15,19-20H2,1-8H3,(H,33,37). The summed E-state index contributed by atoms with van der Waals surface area (Å²) in [7, 11) is -2.53. The van der Waals surface area contributed by atoms with Crippen LogP contribution in [0.3, 0.4) is 0 Å². The van der Waals surface area contributed by atoms with Crippen LogP contribution in [0.15, 0.2) is 30.3 Å². The molecule has 0 saturated carbocycles. The second kappa shape index (κ2) is 13.2. The molecule has 1 amide bonds. The van der Waals surface area contributed by atoms with E-state index >= 15 is 0 Å². The summed E-state index contributed by atoms with van der Waals surface area (Å²) in [5, 5.41) is 3.55. The predicted molar refractivity (Wildman–Crippen MR) is 171 cm³/mol. The number of likely N-dealkylation sites (N-methyl/N-ethyl adjacent to an activating group) is 2. The first-order chi connectivity index (χ1) is 20.7. The van der Waals surface area contributed by atoms with Gasteiger partial charge in [0.1, 0.15) is 5.60 Å². The van der Waals surface area contributed by atoms with Crippen molar-refractivity contribution < 1.29 is 31.7 Å². The molecule has 12 heteroatoms. The van der Waals surface area contributed by atoms with Gasteiger partial charge in [-0.1, -0.05) is 26.8 Å². The van der Waals surface area contributed by atoms with Crippen LogP contribution in [0.5, 0.6) is 11.5 Å². The van der Waals surface area contributed by atoms with E-state index in [2.05, 4.69) is 42.0 Å². The highest BCUT2D eigenvalue weighted by Gasteiger charge is 2.34. The topological polar surface area (TPSA) is 119 Å². The molecule has 0 radical (unpaired) electrons. The minimum absolute atomic E-state index is 0.0420. The molecule has 0 spiro atoms. The summed E-state index contributed by atoms with van der Waals surface area (Å²) in [5.74, 6) is -0.350. The van der Waals surface area contributed by atoms with E-state index in [0.29, 0.717) is 22.3 Å². The maximum absolute atomic E-state index is 13.7. The molecule has 4 rings (SSSR count). The summed E-state index contributed by atoms with van der Waals surface area (Å²) >= 11 is 0. The van der Waals surface area contributed by atoms with Crippen molar-refractivity contribution in [2.45, 2.75) is 60.2 Å². The lowest BCUT2D eigenvalue weighted by Crippen LogP contribution is -2.34. The first-order valence-corrected chi connectivity index (χ1v) is 16.8. The molecule has 0 atom stereocenters. The quantitative estimate of drug-likeness (QED) is 0.281. The van der Waals surface area contributed by atoms with Crippen LogP contribution in [-0.2, 0) is 27.9 Å². The lowest BCUT2D eigenvalue weighted by atomic mass is 9.98. The third kappa shape index (κ3) is 7.36. The fourth-order valence-electron chi connectivity index (χ4n) is 5.47. The minimum Gasteiger partial charge on any atom is -0.493 e. The molecule has 1 aliphatic rings. The van der Waals surface area contributed by atoms with Crippen molar-refractivity contribution in [2.75, 3.05) is 46.1 Å². The Kier molecular flexibility index (Phi) is 9.96. The summed E-state index contributed by atoms with van der Waals surface area (Å²) in [4.78, 5) is 31.7. The van der Waals surface area contributed by atoms with E-state index < -0.39 is 27.7 Å². The van der Waals surface area contributed by atoms with Crippen LogP contribution in [0.4, 0.5) is 4.79 Å². The van der Waals surface area contributed by atoms with Gasteiger partial charge in [-0.05, 0) is 70.2 Å². The SMILES string of the molecule is CCN(CC)CCN(CC)Cc1ccc2c(c1)cc(-c1cc(OC)c(OS(C)(=O)=O)c3c1C(=O)NC3)n2C(=O)OC(C)(C)C. The van der Waals surface area contributed by atoms with E-state index in [1.54, 1.807) is 20.8 Å². The molecular formula is C32H44N4O7S. The van der Waals surface area contributed by atoms with E-state index in [9.17, 15) is 18.0 Å². The number of nitrogens with zero attached hydrogens (tertiary/aromatic N) is 3. The number of carbonyl (C=O) groups excluding carboxylic acids is 2. The molecule has 2 aromatic carbocycles. The van der Waals surface area contributed by atoms with Crippen LogP contribution < -0.4 is 14.2 Å². The second-order valence-electron chi connectivity index (χ2n) is 11.9. The Labute approximate surface area is 260 Å². The molecule has 240 valence electrons. The van der Waals surface area contributed by atoms with Gasteiger partial charge in [-0.2, -0.15) is 8.42 Å². The number of methoxy groups -OCH3 is 1. The molecule has 0 saturated heterocycles. The highest BCUT2D eigenvalue weighted by molar-refractivity contribution is 7.86. The maximum Gasteiger partial charge on any atom is 0.419 e. The predicted octanol–water partition coefficient (Wildman–Crippen LogP) is 4.85. The number of nitrogens with one attached hydrogen (secondary N) is 1. The number of hydrogen-bond donors (Lipinski definition) is 1. The van der Waals surface area contributed by atoms with Crippen molar-refractivity contribution >= 4 is 33.0 Å².